The van der Waals surface area contributed by atoms with E-state index < -0.39 is 0 Å². The molecular formula is C18H21N3O. The van der Waals surface area contributed by atoms with Crippen molar-refractivity contribution in [1.82, 2.24) is 10.3 Å². The first kappa shape index (κ1) is 14.7. The van der Waals surface area contributed by atoms with Gasteiger partial charge in [0, 0.05) is 24.6 Å². The molecule has 1 unspecified atom stereocenters. The maximum absolute atomic E-state index is 12.4. The van der Waals surface area contributed by atoms with E-state index in [1.165, 1.54) is 0 Å². The van der Waals surface area contributed by atoms with Crippen LogP contribution in [0, 0.1) is 12.8 Å². The summed E-state index contributed by atoms with van der Waals surface area (Å²) in [4.78, 5) is 16.5. The summed E-state index contributed by atoms with van der Waals surface area (Å²) in [5.41, 5.74) is 4.16. The van der Waals surface area contributed by atoms with E-state index >= 15 is 0 Å². The Labute approximate surface area is 131 Å². The summed E-state index contributed by atoms with van der Waals surface area (Å²) in [5.74, 6) is 0.180. The van der Waals surface area contributed by atoms with E-state index in [1.54, 1.807) is 12.4 Å². The van der Waals surface area contributed by atoms with Gasteiger partial charge in [-0.25, -0.2) is 0 Å². The highest BCUT2D eigenvalue weighted by atomic mass is 16.1. The van der Waals surface area contributed by atoms with Crippen molar-refractivity contribution in [3.05, 3.63) is 48.3 Å². The van der Waals surface area contributed by atoms with Crippen molar-refractivity contribution < 1.29 is 4.79 Å². The number of pyridine rings is 1. The molecule has 1 aliphatic heterocycles. The fourth-order valence-corrected chi connectivity index (χ4v) is 2.79. The minimum atomic E-state index is 0.0673. The van der Waals surface area contributed by atoms with Gasteiger partial charge in [0.25, 0.3) is 0 Å². The number of hydrogen-bond donors (Lipinski definition) is 2. The average Bonchev–Trinajstić information content (AvgIpc) is 2.58. The number of nitrogens with zero attached hydrogens (tertiary/aromatic N) is 1. The number of carbonyl (C=O) groups excluding carboxylic acids is 1. The molecule has 114 valence electrons. The molecule has 0 saturated carbocycles. The fraction of sp³-hybridized carbons (Fsp3) is 0.333. The predicted molar refractivity (Wildman–Crippen MR) is 88.6 cm³/mol. The zero-order valence-corrected chi connectivity index (χ0v) is 12.8. The zero-order chi connectivity index (χ0) is 15.4. The van der Waals surface area contributed by atoms with Gasteiger partial charge in [-0.3, -0.25) is 9.78 Å². The van der Waals surface area contributed by atoms with Crippen LogP contribution < -0.4 is 10.6 Å². The van der Waals surface area contributed by atoms with E-state index in [2.05, 4.69) is 21.7 Å². The maximum atomic E-state index is 12.4. The first-order valence-corrected chi connectivity index (χ1v) is 7.76. The molecule has 2 N–H and O–H groups in total. The van der Waals surface area contributed by atoms with Crippen LogP contribution in [-0.4, -0.2) is 24.0 Å². The molecule has 0 radical (unpaired) electrons. The first-order valence-electron chi connectivity index (χ1n) is 7.76. The number of aryl methyl sites for hydroxylation is 1. The molecule has 2 aromatic rings. The van der Waals surface area contributed by atoms with Crippen LogP contribution >= 0.6 is 0 Å². The summed E-state index contributed by atoms with van der Waals surface area (Å²) in [6.45, 7) is 3.81. The molecular weight excluding hydrogens is 274 g/mol. The van der Waals surface area contributed by atoms with Crippen LogP contribution in [0.2, 0.25) is 0 Å². The highest BCUT2D eigenvalue weighted by Gasteiger charge is 2.21. The number of carbonyl (C=O) groups is 1. The summed E-state index contributed by atoms with van der Waals surface area (Å²) in [5, 5.41) is 6.38. The van der Waals surface area contributed by atoms with E-state index in [9.17, 15) is 4.79 Å². The van der Waals surface area contributed by atoms with Crippen molar-refractivity contribution in [3.63, 3.8) is 0 Å². The molecule has 2 heterocycles. The third-order valence-electron chi connectivity index (χ3n) is 4.18. The van der Waals surface area contributed by atoms with Gasteiger partial charge < -0.3 is 10.6 Å². The lowest BCUT2D eigenvalue weighted by Gasteiger charge is -2.22. The number of piperidine rings is 1. The number of aromatic nitrogens is 1. The SMILES string of the molecule is Cc1ccc(-c2ccncc2)cc1NC(=O)C1CCCNC1. The van der Waals surface area contributed by atoms with Gasteiger partial charge in [0.2, 0.25) is 5.91 Å². The number of hydrogen-bond acceptors (Lipinski definition) is 3. The number of rotatable bonds is 3. The molecule has 0 spiro atoms. The predicted octanol–water partition coefficient (Wildman–Crippen LogP) is 3.00. The Morgan fingerprint density at radius 2 is 2.05 bits per heavy atom. The lowest BCUT2D eigenvalue weighted by molar-refractivity contribution is -0.120. The number of nitrogens with one attached hydrogen (secondary N) is 2. The minimum absolute atomic E-state index is 0.0673. The number of amides is 1. The van der Waals surface area contributed by atoms with Gasteiger partial charge in [-0.2, -0.15) is 0 Å². The third-order valence-corrected chi connectivity index (χ3v) is 4.18. The molecule has 1 fully saturated rings. The highest BCUT2D eigenvalue weighted by Crippen LogP contribution is 2.25. The van der Waals surface area contributed by atoms with E-state index in [1.807, 2.05) is 31.2 Å². The lowest BCUT2D eigenvalue weighted by atomic mass is 9.98. The molecule has 4 nitrogen and oxygen atoms in total. The Balaban J connectivity index is 1.79. The van der Waals surface area contributed by atoms with Crippen molar-refractivity contribution in [2.24, 2.45) is 5.92 Å². The second-order valence-electron chi connectivity index (χ2n) is 5.80. The Kier molecular flexibility index (Phi) is 4.49. The lowest BCUT2D eigenvalue weighted by Crippen LogP contribution is -2.37. The van der Waals surface area contributed by atoms with Crippen LogP contribution in [0.15, 0.2) is 42.7 Å². The fourth-order valence-electron chi connectivity index (χ4n) is 2.79. The molecule has 0 aliphatic carbocycles. The molecule has 4 heteroatoms. The van der Waals surface area contributed by atoms with Gasteiger partial charge in [-0.15, -0.1) is 0 Å². The summed E-state index contributed by atoms with van der Waals surface area (Å²) in [6.07, 6.45) is 5.58. The van der Waals surface area contributed by atoms with E-state index in [-0.39, 0.29) is 11.8 Å². The third kappa shape index (κ3) is 3.34. The van der Waals surface area contributed by atoms with Gasteiger partial charge in [0.1, 0.15) is 0 Å². The number of anilines is 1. The molecule has 1 saturated heterocycles. The smallest absolute Gasteiger partial charge is 0.228 e. The largest absolute Gasteiger partial charge is 0.326 e. The molecule has 0 bridgehead atoms. The number of benzene rings is 1. The van der Waals surface area contributed by atoms with Crippen molar-refractivity contribution in [3.8, 4) is 11.1 Å². The molecule has 1 aromatic carbocycles. The van der Waals surface area contributed by atoms with Gasteiger partial charge in [0.05, 0.1) is 5.92 Å². The average molecular weight is 295 g/mol. The van der Waals surface area contributed by atoms with E-state index in [0.717, 1.165) is 48.3 Å². The molecule has 1 aromatic heterocycles. The first-order chi connectivity index (χ1) is 10.7. The van der Waals surface area contributed by atoms with Crippen molar-refractivity contribution in [2.75, 3.05) is 18.4 Å². The van der Waals surface area contributed by atoms with Crippen molar-refractivity contribution >= 4 is 11.6 Å². The summed E-state index contributed by atoms with van der Waals surface area (Å²) in [6, 6.07) is 10.1. The molecule has 3 rings (SSSR count). The van der Waals surface area contributed by atoms with Gasteiger partial charge >= 0.3 is 0 Å². The van der Waals surface area contributed by atoms with Crippen LogP contribution in [-0.2, 0) is 4.79 Å². The normalized spacial score (nSPS) is 18.0. The molecule has 22 heavy (non-hydrogen) atoms. The quantitative estimate of drug-likeness (QED) is 0.915. The van der Waals surface area contributed by atoms with Crippen molar-refractivity contribution in [2.45, 2.75) is 19.8 Å². The highest BCUT2D eigenvalue weighted by molar-refractivity contribution is 5.94. The Morgan fingerprint density at radius 3 is 2.77 bits per heavy atom. The maximum Gasteiger partial charge on any atom is 0.228 e. The molecule has 1 aliphatic rings. The van der Waals surface area contributed by atoms with Gasteiger partial charge in [0.15, 0.2) is 0 Å². The van der Waals surface area contributed by atoms with Crippen LogP contribution in [0.4, 0.5) is 5.69 Å². The van der Waals surface area contributed by atoms with Gasteiger partial charge in [-0.05, 0) is 61.2 Å². The van der Waals surface area contributed by atoms with Gasteiger partial charge in [-0.1, -0.05) is 12.1 Å². The zero-order valence-electron chi connectivity index (χ0n) is 12.8. The Morgan fingerprint density at radius 1 is 1.23 bits per heavy atom. The summed E-state index contributed by atoms with van der Waals surface area (Å²) < 4.78 is 0. The minimum Gasteiger partial charge on any atom is -0.326 e. The van der Waals surface area contributed by atoms with Crippen LogP contribution in [0.3, 0.4) is 0 Å². The standard InChI is InChI=1S/C18H21N3O/c1-13-4-5-15(14-6-9-19-10-7-14)11-17(13)21-18(22)16-3-2-8-20-12-16/h4-7,9-11,16,20H,2-3,8,12H2,1H3,(H,21,22). The van der Waals surface area contributed by atoms with Crippen LogP contribution in [0.5, 0.6) is 0 Å². The Hall–Kier alpha value is -2.20. The molecule has 1 amide bonds. The molecule has 1 atom stereocenters. The van der Waals surface area contributed by atoms with Crippen molar-refractivity contribution in [1.29, 1.82) is 0 Å². The summed E-state index contributed by atoms with van der Waals surface area (Å²) in [7, 11) is 0. The summed E-state index contributed by atoms with van der Waals surface area (Å²) >= 11 is 0. The topological polar surface area (TPSA) is 54.0 Å². The van der Waals surface area contributed by atoms with Crippen LogP contribution in [0.1, 0.15) is 18.4 Å². The van der Waals surface area contributed by atoms with Crippen LogP contribution in [0.25, 0.3) is 11.1 Å². The van der Waals surface area contributed by atoms with E-state index in [4.69, 9.17) is 0 Å². The second kappa shape index (κ2) is 6.71. The monoisotopic (exact) mass is 295 g/mol. The second-order valence-corrected chi connectivity index (χ2v) is 5.80. The van der Waals surface area contributed by atoms with E-state index in [0.29, 0.717) is 0 Å². The Bertz CT molecular complexity index is 649.